The topological polar surface area (TPSA) is 41.6 Å². The van der Waals surface area contributed by atoms with E-state index in [0.717, 1.165) is 16.9 Å². The van der Waals surface area contributed by atoms with Gasteiger partial charge >= 0.3 is 0 Å². The van der Waals surface area contributed by atoms with E-state index in [9.17, 15) is 0 Å². The van der Waals surface area contributed by atoms with Crippen LogP contribution in [0.5, 0.6) is 0 Å². The second-order valence-electron chi connectivity index (χ2n) is 3.98. The van der Waals surface area contributed by atoms with Crippen molar-refractivity contribution in [2.75, 3.05) is 0 Å². The molecule has 0 amide bonds. The number of fused-ring (bicyclic) bond motifs is 1. The fourth-order valence-corrected chi connectivity index (χ4v) is 1.88. The molecular formula is C13H10ClN3. The molecule has 0 saturated carbocycles. The number of rotatable bonds is 1. The van der Waals surface area contributed by atoms with Crippen LogP contribution < -0.4 is 0 Å². The summed E-state index contributed by atoms with van der Waals surface area (Å²) in [5, 5.41) is 0.608. The number of hydrogen-bond acceptors (Lipinski definition) is 2. The van der Waals surface area contributed by atoms with Gasteiger partial charge in [-0.3, -0.25) is 0 Å². The molecule has 4 heteroatoms. The lowest BCUT2D eigenvalue weighted by atomic mass is 10.1. The van der Waals surface area contributed by atoms with E-state index in [2.05, 4.69) is 34.0 Å². The number of H-pyrrole nitrogens is 1. The standard InChI is InChI=1S/C13H10ClN3/c1-8-2-4-9(5-3-8)12-16-11-6-10(14)7-15-13(11)17-12/h2-7H,1H3,(H,15,16,17). The van der Waals surface area contributed by atoms with Crippen LogP contribution in [0.25, 0.3) is 22.6 Å². The van der Waals surface area contributed by atoms with Gasteiger partial charge in [0, 0.05) is 11.8 Å². The summed E-state index contributed by atoms with van der Waals surface area (Å²) in [6, 6.07) is 10.0. The highest BCUT2D eigenvalue weighted by atomic mass is 35.5. The largest absolute Gasteiger partial charge is 0.337 e. The molecule has 0 aliphatic heterocycles. The van der Waals surface area contributed by atoms with Crippen molar-refractivity contribution < 1.29 is 0 Å². The third kappa shape index (κ3) is 1.89. The van der Waals surface area contributed by atoms with Crippen molar-refractivity contribution in [3.63, 3.8) is 0 Å². The molecule has 0 aliphatic carbocycles. The Morgan fingerprint density at radius 2 is 1.94 bits per heavy atom. The molecule has 0 atom stereocenters. The number of hydrogen-bond donors (Lipinski definition) is 1. The van der Waals surface area contributed by atoms with Gasteiger partial charge in [0.25, 0.3) is 0 Å². The number of aryl methyl sites for hydroxylation is 1. The van der Waals surface area contributed by atoms with Crippen molar-refractivity contribution in [2.24, 2.45) is 0 Å². The highest BCUT2D eigenvalue weighted by Crippen LogP contribution is 2.21. The summed E-state index contributed by atoms with van der Waals surface area (Å²) in [7, 11) is 0. The summed E-state index contributed by atoms with van der Waals surface area (Å²) >= 11 is 5.88. The molecule has 3 aromatic rings. The molecule has 1 aromatic carbocycles. The van der Waals surface area contributed by atoms with Crippen molar-refractivity contribution >= 4 is 22.8 Å². The number of imidazole rings is 1. The Morgan fingerprint density at radius 3 is 2.71 bits per heavy atom. The van der Waals surface area contributed by atoms with Gasteiger partial charge in [-0.05, 0) is 13.0 Å². The fourth-order valence-electron chi connectivity index (χ4n) is 1.72. The number of nitrogens with zero attached hydrogens (tertiary/aromatic N) is 2. The maximum absolute atomic E-state index is 5.88. The minimum absolute atomic E-state index is 0.608. The van der Waals surface area contributed by atoms with Gasteiger partial charge in [-0.15, -0.1) is 0 Å². The van der Waals surface area contributed by atoms with Gasteiger partial charge in [-0.25, -0.2) is 9.97 Å². The number of nitrogens with one attached hydrogen (secondary N) is 1. The molecule has 0 saturated heterocycles. The van der Waals surface area contributed by atoms with Crippen LogP contribution in [-0.2, 0) is 0 Å². The minimum Gasteiger partial charge on any atom is -0.337 e. The average Bonchev–Trinajstić information content (AvgIpc) is 2.72. The number of halogens is 1. The van der Waals surface area contributed by atoms with Crippen molar-refractivity contribution in [2.45, 2.75) is 6.92 Å². The lowest BCUT2D eigenvalue weighted by Crippen LogP contribution is -1.80. The molecule has 0 aliphatic rings. The fraction of sp³-hybridized carbons (Fsp3) is 0.0769. The van der Waals surface area contributed by atoms with E-state index in [1.807, 2.05) is 18.2 Å². The van der Waals surface area contributed by atoms with Gasteiger partial charge in [-0.2, -0.15) is 0 Å². The first-order chi connectivity index (χ1) is 8.22. The van der Waals surface area contributed by atoms with Crippen LogP contribution in [0.3, 0.4) is 0 Å². The van der Waals surface area contributed by atoms with Crippen LogP contribution in [0.2, 0.25) is 5.02 Å². The van der Waals surface area contributed by atoms with Gasteiger partial charge in [0.05, 0.1) is 10.5 Å². The Balaban J connectivity index is 2.14. The quantitative estimate of drug-likeness (QED) is 0.710. The van der Waals surface area contributed by atoms with Gasteiger partial charge in [0.15, 0.2) is 5.65 Å². The predicted octanol–water partition coefficient (Wildman–Crippen LogP) is 3.59. The second kappa shape index (κ2) is 3.86. The number of pyridine rings is 1. The third-order valence-electron chi connectivity index (χ3n) is 2.63. The molecule has 84 valence electrons. The first-order valence-corrected chi connectivity index (χ1v) is 5.68. The van der Waals surface area contributed by atoms with Gasteiger partial charge < -0.3 is 4.98 Å². The third-order valence-corrected chi connectivity index (χ3v) is 2.84. The van der Waals surface area contributed by atoms with Crippen LogP contribution in [-0.4, -0.2) is 15.0 Å². The zero-order chi connectivity index (χ0) is 11.8. The van der Waals surface area contributed by atoms with Crippen molar-refractivity contribution in [1.82, 2.24) is 15.0 Å². The Hall–Kier alpha value is -1.87. The van der Waals surface area contributed by atoms with Gasteiger partial charge in [0.1, 0.15) is 5.82 Å². The lowest BCUT2D eigenvalue weighted by Gasteiger charge is -1.96. The molecule has 17 heavy (non-hydrogen) atoms. The smallest absolute Gasteiger partial charge is 0.178 e. The molecule has 2 heterocycles. The zero-order valence-corrected chi connectivity index (χ0v) is 9.99. The van der Waals surface area contributed by atoms with Crippen LogP contribution in [0.4, 0.5) is 0 Å². The van der Waals surface area contributed by atoms with Crippen LogP contribution in [0, 0.1) is 6.92 Å². The summed E-state index contributed by atoms with van der Waals surface area (Å²) in [5.41, 5.74) is 3.81. The monoisotopic (exact) mass is 243 g/mol. The summed E-state index contributed by atoms with van der Waals surface area (Å²) in [5.74, 6) is 0.815. The van der Waals surface area contributed by atoms with Crippen LogP contribution >= 0.6 is 11.6 Å². The predicted molar refractivity (Wildman–Crippen MR) is 69.1 cm³/mol. The molecule has 3 nitrogen and oxygen atoms in total. The van der Waals surface area contributed by atoms with Crippen molar-refractivity contribution in [1.29, 1.82) is 0 Å². The highest BCUT2D eigenvalue weighted by Gasteiger charge is 2.06. The lowest BCUT2D eigenvalue weighted by molar-refractivity contribution is 1.30. The van der Waals surface area contributed by atoms with Crippen LogP contribution in [0.1, 0.15) is 5.56 Å². The maximum Gasteiger partial charge on any atom is 0.178 e. The molecule has 0 radical (unpaired) electrons. The van der Waals surface area contributed by atoms with E-state index in [-0.39, 0.29) is 0 Å². The second-order valence-corrected chi connectivity index (χ2v) is 4.41. The number of benzene rings is 1. The molecule has 0 unspecified atom stereocenters. The SMILES string of the molecule is Cc1ccc(-c2nc3ncc(Cl)cc3[nH]2)cc1. The summed E-state index contributed by atoms with van der Waals surface area (Å²) in [6.45, 7) is 2.06. The molecule has 0 fully saturated rings. The van der Waals surface area contributed by atoms with Crippen molar-refractivity contribution in [3.05, 3.63) is 47.1 Å². The molecule has 3 rings (SSSR count). The average molecular weight is 244 g/mol. The zero-order valence-electron chi connectivity index (χ0n) is 9.24. The summed E-state index contributed by atoms with van der Waals surface area (Å²) < 4.78 is 0. The van der Waals surface area contributed by atoms with Crippen LogP contribution in [0.15, 0.2) is 36.5 Å². The van der Waals surface area contributed by atoms with Gasteiger partial charge in [-0.1, -0.05) is 41.4 Å². The summed E-state index contributed by atoms with van der Waals surface area (Å²) in [6.07, 6.45) is 1.60. The Bertz CT molecular complexity index is 671. The van der Waals surface area contributed by atoms with E-state index in [1.54, 1.807) is 6.20 Å². The highest BCUT2D eigenvalue weighted by molar-refractivity contribution is 6.31. The molecular weight excluding hydrogens is 234 g/mol. The molecule has 1 N–H and O–H groups in total. The van der Waals surface area contributed by atoms with E-state index in [4.69, 9.17) is 11.6 Å². The first kappa shape index (κ1) is 10.3. The molecule has 0 bridgehead atoms. The molecule has 0 spiro atoms. The minimum atomic E-state index is 0.608. The van der Waals surface area contributed by atoms with E-state index in [1.165, 1.54) is 5.56 Å². The van der Waals surface area contributed by atoms with Crippen molar-refractivity contribution in [3.8, 4) is 11.4 Å². The summed E-state index contributed by atoms with van der Waals surface area (Å²) in [4.78, 5) is 11.8. The number of aromatic nitrogens is 3. The molecule has 2 aromatic heterocycles. The number of aromatic amines is 1. The normalized spacial score (nSPS) is 10.9. The maximum atomic E-state index is 5.88. The first-order valence-electron chi connectivity index (χ1n) is 5.31. The Kier molecular flexibility index (Phi) is 2.34. The Labute approximate surface area is 103 Å². The van der Waals surface area contributed by atoms with E-state index < -0.39 is 0 Å². The Morgan fingerprint density at radius 1 is 1.18 bits per heavy atom. The van der Waals surface area contributed by atoms with E-state index >= 15 is 0 Å². The van der Waals surface area contributed by atoms with Gasteiger partial charge in [0.2, 0.25) is 0 Å². The van der Waals surface area contributed by atoms with E-state index in [0.29, 0.717) is 10.7 Å².